The van der Waals surface area contributed by atoms with E-state index in [1.54, 1.807) is 18.2 Å². The van der Waals surface area contributed by atoms with Crippen LogP contribution < -0.4 is 16.4 Å². The van der Waals surface area contributed by atoms with E-state index in [1.165, 1.54) is 32.1 Å². The Morgan fingerprint density at radius 3 is 2.61 bits per heavy atom. The molecule has 23 heavy (non-hydrogen) atoms. The van der Waals surface area contributed by atoms with Crippen LogP contribution in [0.2, 0.25) is 0 Å². The monoisotopic (exact) mass is 317 g/mol. The van der Waals surface area contributed by atoms with Crippen LogP contribution in [0.3, 0.4) is 0 Å². The molecule has 0 bridgehead atoms. The zero-order valence-electron chi connectivity index (χ0n) is 13.6. The number of anilines is 1. The number of carbonyl (C=O) groups excluding carboxylic acids is 2. The van der Waals surface area contributed by atoms with E-state index in [4.69, 9.17) is 5.73 Å². The predicted octanol–water partition coefficient (Wildman–Crippen LogP) is 2.67. The Balaban J connectivity index is 1.88. The van der Waals surface area contributed by atoms with Crippen LogP contribution in [-0.4, -0.2) is 24.9 Å². The van der Waals surface area contributed by atoms with Crippen LogP contribution in [0.4, 0.5) is 5.69 Å². The third-order valence-electron chi connectivity index (χ3n) is 4.38. The molecule has 0 radical (unpaired) electrons. The van der Waals surface area contributed by atoms with Crippen LogP contribution in [0.5, 0.6) is 0 Å². The molecule has 5 nitrogen and oxygen atoms in total. The molecule has 0 spiro atoms. The van der Waals surface area contributed by atoms with Gasteiger partial charge in [0.2, 0.25) is 5.91 Å². The summed E-state index contributed by atoms with van der Waals surface area (Å²) in [5, 5.41) is 5.61. The third kappa shape index (κ3) is 5.67. The van der Waals surface area contributed by atoms with Crippen LogP contribution in [-0.2, 0) is 4.79 Å². The van der Waals surface area contributed by atoms with Gasteiger partial charge in [-0.2, -0.15) is 0 Å². The largest absolute Gasteiger partial charge is 0.351 e. The Morgan fingerprint density at radius 2 is 1.87 bits per heavy atom. The SMILES string of the molecule is NCCNC(=O)c1ccccc1NC(=O)CCC1CCCCC1. The van der Waals surface area contributed by atoms with Crippen molar-refractivity contribution in [1.82, 2.24) is 5.32 Å². The van der Waals surface area contributed by atoms with Gasteiger partial charge in [-0.1, -0.05) is 44.2 Å². The summed E-state index contributed by atoms with van der Waals surface area (Å²) in [5.41, 5.74) is 6.44. The van der Waals surface area contributed by atoms with Crippen molar-refractivity contribution in [2.24, 2.45) is 11.7 Å². The number of benzene rings is 1. The Bertz CT molecular complexity index is 525. The number of carbonyl (C=O) groups is 2. The van der Waals surface area contributed by atoms with Gasteiger partial charge in [-0.3, -0.25) is 9.59 Å². The van der Waals surface area contributed by atoms with Gasteiger partial charge in [-0.25, -0.2) is 0 Å². The number of hydrogen-bond acceptors (Lipinski definition) is 3. The molecule has 5 heteroatoms. The minimum atomic E-state index is -0.210. The van der Waals surface area contributed by atoms with Gasteiger partial charge in [-0.05, 0) is 24.5 Å². The predicted molar refractivity (Wildman–Crippen MR) is 92.3 cm³/mol. The lowest BCUT2D eigenvalue weighted by Gasteiger charge is -2.21. The van der Waals surface area contributed by atoms with Gasteiger partial charge in [0.05, 0.1) is 11.3 Å². The zero-order chi connectivity index (χ0) is 16.5. The number of rotatable bonds is 7. The molecule has 0 saturated heterocycles. The number of nitrogens with two attached hydrogens (primary N) is 1. The Morgan fingerprint density at radius 1 is 1.13 bits per heavy atom. The molecule has 1 aromatic carbocycles. The van der Waals surface area contributed by atoms with E-state index >= 15 is 0 Å². The number of nitrogens with one attached hydrogen (secondary N) is 2. The fourth-order valence-corrected chi connectivity index (χ4v) is 3.09. The molecule has 1 aliphatic carbocycles. The lowest BCUT2D eigenvalue weighted by atomic mass is 9.86. The molecule has 0 unspecified atom stereocenters. The molecule has 0 aliphatic heterocycles. The molecule has 2 amide bonds. The van der Waals surface area contributed by atoms with Crippen molar-refractivity contribution in [3.63, 3.8) is 0 Å². The molecular formula is C18H27N3O2. The van der Waals surface area contributed by atoms with Gasteiger partial charge in [0.15, 0.2) is 0 Å². The quantitative estimate of drug-likeness (QED) is 0.723. The minimum absolute atomic E-state index is 0.0188. The van der Waals surface area contributed by atoms with E-state index < -0.39 is 0 Å². The first-order valence-electron chi connectivity index (χ1n) is 8.58. The van der Waals surface area contributed by atoms with Gasteiger partial charge < -0.3 is 16.4 Å². The molecule has 0 heterocycles. The molecule has 0 atom stereocenters. The maximum atomic E-state index is 12.2. The maximum absolute atomic E-state index is 12.2. The average molecular weight is 317 g/mol. The summed E-state index contributed by atoms with van der Waals surface area (Å²) in [5.74, 6) is 0.450. The number of amides is 2. The lowest BCUT2D eigenvalue weighted by Crippen LogP contribution is -2.30. The summed E-state index contributed by atoms with van der Waals surface area (Å²) in [4.78, 5) is 24.3. The number of para-hydroxylation sites is 1. The van der Waals surface area contributed by atoms with E-state index in [0.717, 1.165) is 6.42 Å². The van der Waals surface area contributed by atoms with Crippen LogP contribution in [0, 0.1) is 5.92 Å². The van der Waals surface area contributed by atoms with E-state index in [-0.39, 0.29) is 11.8 Å². The van der Waals surface area contributed by atoms with Crippen LogP contribution in [0.25, 0.3) is 0 Å². The van der Waals surface area contributed by atoms with Gasteiger partial charge in [0, 0.05) is 19.5 Å². The van der Waals surface area contributed by atoms with Crippen molar-refractivity contribution in [2.45, 2.75) is 44.9 Å². The highest BCUT2D eigenvalue weighted by atomic mass is 16.2. The maximum Gasteiger partial charge on any atom is 0.253 e. The molecule has 1 saturated carbocycles. The van der Waals surface area contributed by atoms with Crippen LogP contribution >= 0.6 is 0 Å². The third-order valence-corrected chi connectivity index (χ3v) is 4.38. The Labute approximate surface area is 138 Å². The smallest absolute Gasteiger partial charge is 0.253 e. The summed E-state index contributed by atoms with van der Waals surface area (Å²) in [6, 6.07) is 7.07. The van der Waals surface area contributed by atoms with E-state index in [0.29, 0.717) is 36.7 Å². The minimum Gasteiger partial charge on any atom is -0.351 e. The molecule has 4 N–H and O–H groups in total. The molecule has 1 aromatic rings. The molecular weight excluding hydrogens is 290 g/mol. The Hall–Kier alpha value is -1.88. The summed E-state index contributed by atoms with van der Waals surface area (Å²) in [6.45, 7) is 0.810. The molecule has 0 aromatic heterocycles. The molecule has 1 aliphatic rings. The highest BCUT2D eigenvalue weighted by Gasteiger charge is 2.16. The van der Waals surface area contributed by atoms with Gasteiger partial charge >= 0.3 is 0 Å². The van der Waals surface area contributed by atoms with E-state index in [2.05, 4.69) is 10.6 Å². The first-order chi connectivity index (χ1) is 11.2. The van der Waals surface area contributed by atoms with Gasteiger partial charge in [0.1, 0.15) is 0 Å². The first-order valence-corrected chi connectivity index (χ1v) is 8.58. The highest BCUT2D eigenvalue weighted by molar-refractivity contribution is 6.03. The standard InChI is InChI=1S/C18H27N3O2/c19-12-13-20-18(23)15-8-4-5-9-16(15)21-17(22)11-10-14-6-2-1-3-7-14/h4-5,8-9,14H,1-3,6-7,10-13,19H2,(H,20,23)(H,21,22). The van der Waals surface area contributed by atoms with Crippen LogP contribution in [0.1, 0.15) is 55.3 Å². The normalized spacial score (nSPS) is 15.2. The average Bonchev–Trinajstić information content (AvgIpc) is 2.59. The van der Waals surface area contributed by atoms with Crippen molar-refractivity contribution < 1.29 is 9.59 Å². The first kappa shape index (κ1) is 17.5. The van der Waals surface area contributed by atoms with Crippen molar-refractivity contribution in [3.8, 4) is 0 Å². The van der Waals surface area contributed by atoms with E-state index in [1.807, 2.05) is 6.07 Å². The topological polar surface area (TPSA) is 84.2 Å². The Kier molecular flexibility index (Phi) is 7.07. The second-order valence-corrected chi connectivity index (χ2v) is 6.18. The summed E-state index contributed by atoms with van der Waals surface area (Å²) >= 11 is 0. The van der Waals surface area contributed by atoms with Crippen molar-refractivity contribution in [3.05, 3.63) is 29.8 Å². The van der Waals surface area contributed by atoms with Crippen molar-refractivity contribution in [1.29, 1.82) is 0 Å². The van der Waals surface area contributed by atoms with Gasteiger partial charge in [0.25, 0.3) is 5.91 Å². The summed E-state index contributed by atoms with van der Waals surface area (Å²) in [6.07, 6.45) is 7.84. The lowest BCUT2D eigenvalue weighted by molar-refractivity contribution is -0.116. The highest BCUT2D eigenvalue weighted by Crippen LogP contribution is 2.27. The number of hydrogen-bond donors (Lipinski definition) is 3. The summed E-state index contributed by atoms with van der Waals surface area (Å²) < 4.78 is 0. The van der Waals surface area contributed by atoms with Crippen molar-refractivity contribution >= 4 is 17.5 Å². The van der Waals surface area contributed by atoms with Crippen LogP contribution in [0.15, 0.2) is 24.3 Å². The molecule has 126 valence electrons. The second kappa shape index (κ2) is 9.30. The summed E-state index contributed by atoms with van der Waals surface area (Å²) in [7, 11) is 0. The van der Waals surface area contributed by atoms with Gasteiger partial charge in [-0.15, -0.1) is 0 Å². The van der Waals surface area contributed by atoms with Crippen molar-refractivity contribution in [2.75, 3.05) is 18.4 Å². The second-order valence-electron chi connectivity index (χ2n) is 6.18. The fourth-order valence-electron chi connectivity index (χ4n) is 3.09. The fraction of sp³-hybridized carbons (Fsp3) is 0.556. The molecule has 2 rings (SSSR count). The van der Waals surface area contributed by atoms with E-state index in [9.17, 15) is 9.59 Å². The molecule has 1 fully saturated rings. The zero-order valence-corrected chi connectivity index (χ0v) is 13.6.